The van der Waals surface area contributed by atoms with E-state index in [0.717, 1.165) is 0 Å². The van der Waals surface area contributed by atoms with Gasteiger partial charge >= 0.3 is 0 Å². The summed E-state index contributed by atoms with van der Waals surface area (Å²) in [6.07, 6.45) is 2.61. The van der Waals surface area contributed by atoms with Crippen LogP contribution in [0.4, 0.5) is 5.95 Å². The first-order valence-corrected chi connectivity index (χ1v) is 4.32. The molecule has 0 aliphatic carbocycles. The molecule has 0 radical (unpaired) electrons. The molecule has 7 nitrogen and oxygen atoms in total. The minimum Gasteiger partial charge on any atom is -0.289 e. The molecule has 2 rings (SSSR count). The smallest absolute Gasteiger partial charge is 0.276 e. The van der Waals surface area contributed by atoms with E-state index < -0.39 is 5.91 Å². The van der Waals surface area contributed by atoms with Gasteiger partial charge in [0.1, 0.15) is 18.1 Å². The van der Waals surface area contributed by atoms with Crippen molar-refractivity contribution in [3.8, 4) is 6.07 Å². The van der Waals surface area contributed by atoms with Crippen molar-refractivity contribution in [1.29, 1.82) is 5.26 Å². The van der Waals surface area contributed by atoms with Crippen molar-refractivity contribution in [3.05, 3.63) is 35.9 Å². The second-order valence-electron chi connectivity index (χ2n) is 2.83. The standard InChI is InChI=1S/C9H6N6O/c10-3-6-1-2-7(11-4-6)8(16)14-9-12-5-13-15-9/h1-2,4-5H,(H2,12,13,14,15,16). The fraction of sp³-hybridized carbons (Fsp3) is 0. The highest BCUT2D eigenvalue weighted by Gasteiger charge is 2.08. The summed E-state index contributed by atoms with van der Waals surface area (Å²) in [5, 5.41) is 17.1. The molecule has 2 heterocycles. The average Bonchev–Trinajstić information content (AvgIpc) is 2.82. The summed E-state index contributed by atoms with van der Waals surface area (Å²) in [5.41, 5.74) is 0.603. The van der Waals surface area contributed by atoms with Crippen LogP contribution in [0.2, 0.25) is 0 Å². The number of carbonyl (C=O) groups excluding carboxylic acids is 1. The van der Waals surface area contributed by atoms with Crippen LogP contribution in [0.3, 0.4) is 0 Å². The number of aromatic amines is 1. The predicted molar refractivity (Wildman–Crippen MR) is 53.3 cm³/mol. The summed E-state index contributed by atoms with van der Waals surface area (Å²) < 4.78 is 0. The maximum absolute atomic E-state index is 11.6. The molecule has 2 aromatic heterocycles. The van der Waals surface area contributed by atoms with Crippen molar-refractivity contribution >= 4 is 11.9 Å². The molecule has 78 valence electrons. The lowest BCUT2D eigenvalue weighted by Gasteiger charge is -1.99. The fourth-order valence-electron chi connectivity index (χ4n) is 1.03. The summed E-state index contributed by atoms with van der Waals surface area (Å²) in [6.45, 7) is 0. The first-order valence-electron chi connectivity index (χ1n) is 4.32. The van der Waals surface area contributed by atoms with E-state index in [1.54, 1.807) is 0 Å². The van der Waals surface area contributed by atoms with Crippen molar-refractivity contribution in [1.82, 2.24) is 20.2 Å². The van der Waals surface area contributed by atoms with Crippen molar-refractivity contribution in [2.75, 3.05) is 5.32 Å². The van der Waals surface area contributed by atoms with Gasteiger partial charge in [0.2, 0.25) is 5.95 Å². The highest BCUT2D eigenvalue weighted by Crippen LogP contribution is 2.01. The molecule has 0 aromatic carbocycles. The normalized spacial score (nSPS) is 9.44. The first-order chi connectivity index (χ1) is 7.79. The number of aromatic nitrogens is 4. The Morgan fingerprint density at radius 1 is 1.44 bits per heavy atom. The van der Waals surface area contributed by atoms with Gasteiger partial charge in [-0.2, -0.15) is 15.3 Å². The van der Waals surface area contributed by atoms with E-state index >= 15 is 0 Å². The Morgan fingerprint density at radius 3 is 2.88 bits per heavy atom. The third kappa shape index (κ3) is 2.01. The third-order valence-corrected chi connectivity index (χ3v) is 1.77. The van der Waals surface area contributed by atoms with E-state index in [4.69, 9.17) is 5.26 Å². The summed E-state index contributed by atoms with van der Waals surface area (Å²) in [6, 6.07) is 4.89. The Balaban J connectivity index is 2.12. The van der Waals surface area contributed by atoms with Crippen molar-refractivity contribution in [2.45, 2.75) is 0 Å². The molecule has 0 saturated heterocycles. The highest BCUT2D eigenvalue weighted by molar-refractivity contribution is 6.01. The molecule has 0 spiro atoms. The van der Waals surface area contributed by atoms with Crippen LogP contribution in [0, 0.1) is 11.3 Å². The molecule has 2 aromatic rings. The van der Waals surface area contributed by atoms with E-state index in [1.807, 2.05) is 6.07 Å². The monoisotopic (exact) mass is 214 g/mol. The van der Waals surface area contributed by atoms with Gasteiger partial charge in [0.05, 0.1) is 5.56 Å². The van der Waals surface area contributed by atoms with Gasteiger partial charge in [-0.25, -0.2) is 10.1 Å². The number of carbonyl (C=O) groups is 1. The Morgan fingerprint density at radius 2 is 2.31 bits per heavy atom. The van der Waals surface area contributed by atoms with E-state index in [2.05, 4.69) is 25.5 Å². The third-order valence-electron chi connectivity index (χ3n) is 1.77. The topological polar surface area (TPSA) is 107 Å². The van der Waals surface area contributed by atoms with Crippen LogP contribution in [-0.4, -0.2) is 26.1 Å². The number of amides is 1. The zero-order valence-electron chi connectivity index (χ0n) is 8.01. The summed E-state index contributed by atoms with van der Waals surface area (Å²) >= 11 is 0. The second-order valence-corrected chi connectivity index (χ2v) is 2.83. The van der Waals surface area contributed by atoms with Crippen LogP contribution in [0.15, 0.2) is 24.7 Å². The molecule has 1 amide bonds. The second kappa shape index (κ2) is 4.18. The van der Waals surface area contributed by atoms with Crippen molar-refractivity contribution < 1.29 is 4.79 Å². The van der Waals surface area contributed by atoms with E-state index in [1.165, 1.54) is 24.7 Å². The summed E-state index contributed by atoms with van der Waals surface area (Å²) in [4.78, 5) is 19.1. The maximum Gasteiger partial charge on any atom is 0.276 e. The molecule has 0 aliphatic heterocycles. The van der Waals surface area contributed by atoms with Gasteiger partial charge in [-0.3, -0.25) is 10.1 Å². The van der Waals surface area contributed by atoms with Crippen LogP contribution in [0.1, 0.15) is 16.1 Å². The zero-order chi connectivity index (χ0) is 11.4. The number of H-pyrrole nitrogens is 1. The number of hydrogen-bond acceptors (Lipinski definition) is 5. The molecule has 0 aliphatic rings. The molecule has 0 atom stereocenters. The van der Waals surface area contributed by atoms with Gasteiger partial charge in [-0.15, -0.1) is 0 Å². The Hall–Kier alpha value is -2.75. The molecule has 2 N–H and O–H groups in total. The number of rotatable bonds is 2. The van der Waals surface area contributed by atoms with Gasteiger partial charge in [0.25, 0.3) is 5.91 Å². The summed E-state index contributed by atoms with van der Waals surface area (Å²) in [5.74, 6) is -0.169. The number of nitrogens with one attached hydrogen (secondary N) is 2. The van der Waals surface area contributed by atoms with Crippen molar-refractivity contribution in [2.24, 2.45) is 0 Å². The number of anilines is 1. The van der Waals surface area contributed by atoms with Crippen LogP contribution < -0.4 is 5.32 Å². The molecule has 0 unspecified atom stereocenters. The lowest BCUT2D eigenvalue weighted by Crippen LogP contribution is -2.14. The number of pyridine rings is 1. The molecule has 0 bridgehead atoms. The van der Waals surface area contributed by atoms with Gasteiger partial charge in [0, 0.05) is 6.20 Å². The van der Waals surface area contributed by atoms with E-state index in [-0.39, 0.29) is 11.6 Å². The summed E-state index contributed by atoms with van der Waals surface area (Å²) in [7, 11) is 0. The molecular formula is C9H6N6O. The first kappa shape index (κ1) is 9.79. The number of nitriles is 1. The predicted octanol–water partition coefficient (Wildman–Crippen LogP) is 0.324. The van der Waals surface area contributed by atoms with Gasteiger partial charge in [-0.05, 0) is 12.1 Å². The highest BCUT2D eigenvalue weighted by atomic mass is 16.2. The average molecular weight is 214 g/mol. The SMILES string of the molecule is N#Cc1ccc(C(=O)Nc2ncn[nH]2)nc1. The van der Waals surface area contributed by atoms with Crippen LogP contribution >= 0.6 is 0 Å². The number of hydrogen-bond donors (Lipinski definition) is 2. The van der Waals surface area contributed by atoms with Gasteiger partial charge < -0.3 is 0 Å². The lowest BCUT2D eigenvalue weighted by molar-refractivity contribution is 0.102. The van der Waals surface area contributed by atoms with E-state index in [9.17, 15) is 4.79 Å². The quantitative estimate of drug-likeness (QED) is 0.748. The van der Waals surface area contributed by atoms with Gasteiger partial charge in [-0.1, -0.05) is 0 Å². The van der Waals surface area contributed by atoms with E-state index in [0.29, 0.717) is 5.56 Å². The Kier molecular flexibility index (Phi) is 2.56. The zero-order valence-corrected chi connectivity index (χ0v) is 8.01. The minimum absolute atomic E-state index is 0.204. The molecular weight excluding hydrogens is 208 g/mol. The Labute approximate surface area is 90.2 Å². The minimum atomic E-state index is -0.416. The molecule has 0 saturated carbocycles. The van der Waals surface area contributed by atoms with Crippen LogP contribution in [0.25, 0.3) is 0 Å². The maximum atomic E-state index is 11.6. The van der Waals surface area contributed by atoms with Crippen LogP contribution in [-0.2, 0) is 0 Å². The Bertz CT molecular complexity index is 524. The van der Waals surface area contributed by atoms with Crippen LogP contribution in [0.5, 0.6) is 0 Å². The molecule has 16 heavy (non-hydrogen) atoms. The fourth-order valence-corrected chi connectivity index (χ4v) is 1.03. The van der Waals surface area contributed by atoms with Gasteiger partial charge in [0.15, 0.2) is 0 Å². The number of nitrogens with zero attached hydrogens (tertiary/aromatic N) is 4. The van der Waals surface area contributed by atoms with Crippen molar-refractivity contribution in [3.63, 3.8) is 0 Å². The molecule has 0 fully saturated rings. The lowest BCUT2D eigenvalue weighted by atomic mass is 10.2. The molecule has 7 heteroatoms. The largest absolute Gasteiger partial charge is 0.289 e.